The van der Waals surface area contributed by atoms with Crippen LogP contribution >= 0.6 is 0 Å². The minimum Gasteiger partial charge on any atom is -0.395 e. The molecule has 0 unspecified atom stereocenters. The molecule has 1 N–H and O–H groups in total. The topological polar surface area (TPSA) is 26.7 Å². The molecule has 0 amide bonds. The molecule has 3 heteroatoms. The Bertz CT molecular complexity index is 390. The van der Waals surface area contributed by atoms with Crippen molar-refractivity contribution in [3.8, 4) is 0 Å². The number of likely N-dealkylation sites (tertiary alicyclic amines) is 1. The zero-order chi connectivity index (χ0) is 11.8. The third-order valence-electron chi connectivity index (χ3n) is 4.11. The van der Waals surface area contributed by atoms with E-state index in [2.05, 4.69) is 41.0 Å². The highest BCUT2D eigenvalue weighted by Crippen LogP contribution is 2.34. The average Bonchev–Trinajstić information content (AvgIpc) is 2.90. The van der Waals surface area contributed by atoms with Crippen LogP contribution < -0.4 is 4.90 Å². The number of piperazine rings is 1. The van der Waals surface area contributed by atoms with E-state index in [-0.39, 0.29) is 6.61 Å². The maximum Gasteiger partial charge on any atom is 0.0558 e. The molecule has 2 aliphatic heterocycles. The van der Waals surface area contributed by atoms with Crippen molar-refractivity contribution in [3.63, 3.8) is 0 Å². The minimum atomic E-state index is 0.285. The predicted octanol–water partition coefficient (Wildman–Crippen LogP) is 1.25. The van der Waals surface area contributed by atoms with E-state index < -0.39 is 0 Å². The fraction of sp³-hybridized carbons (Fsp3) is 0.571. The van der Waals surface area contributed by atoms with Crippen LogP contribution in [0.4, 0.5) is 5.69 Å². The van der Waals surface area contributed by atoms with Crippen molar-refractivity contribution in [2.75, 3.05) is 31.1 Å². The molecule has 17 heavy (non-hydrogen) atoms. The van der Waals surface area contributed by atoms with Crippen LogP contribution in [0.25, 0.3) is 0 Å². The maximum absolute atomic E-state index is 9.01. The highest BCUT2D eigenvalue weighted by Gasteiger charge is 2.42. The second-order valence-electron chi connectivity index (χ2n) is 5.25. The highest BCUT2D eigenvalue weighted by molar-refractivity contribution is 5.50. The van der Waals surface area contributed by atoms with E-state index in [1.165, 1.54) is 17.7 Å². The van der Waals surface area contributed by atoms with E-state index in [1.54, 1.807) is 0 Å². The molecule has 0 saturated carbocycles. The Morgan fingerprint density at radius 1 is 1.18 bits per heavy atom. The third-order valence-corrected chi connectivity index (χ3v) is 4.11. The molecule has 3 nitrogen and oxygen atoms in total. The van der Waals surface area contributed by atoms with Crippen LogP contribution in [0.3, 0.4) is 0 Å². The summed E-state index contributed by atoms with van der Waals surface area (Å²) in [6, 6.07) is 10.1. The molecule has 2 bridgehead atoms. The minimum absolute atomic E-state index is 0.285. The number of benzene rings is 1. The number of hydrogen-bond acceptors (Lipinski definition) is 3. The van der Waals surface area contributed by atoms with Crippen molar-refractivity contribution in [1.82, 2.24) is 4.90 Å². The fourth-order valence-electron chi connectivity index (χ4n) is 3.20. The van der Waals surface area contributed by atoms with Crippen molar-refractivity contribution in [1.29, 1.82) is 0 Å². The first-order valence-corrected chi connectivity index (χ1v) is 6.46. The van der Waals surface area contributed by atoms with Gasteiger partial charge in [0.1, 0.15) is 0 Å². The molecule has 2 fully saturated rings. The number of anilines is 1. The molecule has 2 atom stereocenters. The fourth-order valence-corrected chi connectivity index (χ4v) is 3.20. The summed E-state index contributed by atoms with van der Waals surface area (Å²) >= 11 is 0. The number of hydrogen-bond donors (Lipinski definition) is 1. The van der Waals surface area contributed by atoms with Crippen molar-refractivity contribution < 1.29 is 5.11 Å². The zero-order valence-corrected chi connectivity index (χ0v) is 10.3. The van der Waals surface area contributed by atoms with Crippen LogP contribution in [0.1, 0.15) is 12.0 Å². The van der Waals surface area contributed by atoms with Crippen molar-refractivity contribution in [2.45, 2.75) is 25.4 Å². The number of rotatable bonds is 3. The summed E-state index contributed by atoms with van der Waals surface area (Å²) < 4.78 is 0. The van der Waals surface area contributed by atoms with Crippen LogP contribution in [0.2, 0.25) is 0 Å². The second kappa shape index (κ2) is 4.31. The van der Waals surface area contributed by atoms with Gasteiger partial charge in [0, 0.05) is 37.4 Å². The molecule has 3 rings (SSSR count). The lowest BCUT2D eigenvalue weighted by molar-refractivity contribution is 0.177. The van der Waals surface area contributed by atoms with Gasteiger partial charge in [-0.05, 0) is 25.5 Å². The summed E-state index contributed by atoms with van der Waals surface area (Å²) in [5.74, 6) is 0. The van der Waals surface area contributed by atoms with Gasteiger partial charge in [-0.3, -0.25) is 4.90 Å². The molecule has 2 saturated heterocycles. The number of β-amino-alcohol motifs (C(OH)–C–C–N with tert-alkyl or cyclic N) is 1. The van der Waals surface area contributed by atoms with Gasteiger partial charge in [-0.25, -0.2) is 0 Å². The lowest BCUT2D eigenvalue weighted by Gasteiger charge is -2.35. The van der Waals surface area contributed by atoms with Crippen molar-refractivity contribution in [2.24, 2.45) is 0 Å². The van der Waals surface area contributed by atoms with E-state index in [0.717, 1.165) is 19.6 Å². The summed E-state index contributed by atoms with van der Waals surface area (Å²) in [5.41, 5.74) is 2.67. The molecule has 2 heterocycles. The normalized spacial score (nSPS) is 28.0. The van der Waals surface area contributed by atoms with Gasteiger partial charge in [0.05, 0.1) is 6.61 Å². The van der Waals surface area contributed by atoms with Crippen LogP contribution in [-0.4, -0.2) is 48.3 Å². The highest BCUT2D eigenvalue weighted by atomic mass is 16.3. The number of aliphatic hydroxyl groups excluding tert-OH is 1. The van der Waals surface area contributed by atoms with Gasteiger partial charge in [0.15, 0.2) is 0 Å². The Labute approximate surface area is 103 Å². The van der Waals surface area contributed by atoms with E-state index in [1.807, 2.05) is 0 Å². The first-order chi connectivity index (χ1) is 8.28. The van der Waals surface area contributed by atoms with Crippen LogP contribution in [-0.2, 0) is 0 Å². The van der Waals surface area contributed by atoms with Gasteiger partial charge in [-0.1, -0.05) is 17.7 Å². The Morgan fingerprint density at radius 2 is 1.94 bits per heavy atom. The Balaban J connectivity index is 1.71. The van der Waals surface area contributed by atoms with Crippen LogP contribution in [0, 0.1) is 6.92 Å². The number of aliphatic hydroxyl groups is 1. The molecular weight excluding hydrogens is 212 g/mol. The molecule has 1 aromatic carbocycles. The Hall–Kier alpha value is -1.06. The molecule has 0 aliphatic carbocycles. The molecular formula is C14H20N2O. The maximum atomic E-state index is 9.01. The van der Waals surface area contributed by atoms with E-state index in [4.69, 9.17) is 5.11 Å². The molecule has 2 aliphatic rings. The third kappa shape index (κ3) is 1.94. The quantitative estimate of drug-likeness (QED) is 0.849. The molecule has 92 valence electrons. The average molecular weight is 232 g/mol. The number of nitrogens with zero attached hydrogens (tertiary/aromatic N) is 2. The predicted molar refractivity (Wildman–Crippen MR) is 69.4 cm³/mol. The Morgan fingerprint density at radius 3 is 2.53 bits per heavy atom. The van der Waals surface area contributed by atoms with Crippen LogP contribution in [0.5, 0.6) is 0 Å². The SMILES string of the molecule is Cc1ccc(N2C[C@@H]3C[C@H]2CN3CCO)cc1. The summed E-state index contributed by atoms with van der Waals surface area (Å²) in [6.07, 6.45) is 1.26. The lowest BCUT2D eigenvalue weighted by atomic mass is 10.2. The zero-order valence-electron chi connectivity index (χ0n) is 10.3. The molecule has 1 aromatic rings. The first-order valence-electron chi connectivity index (χ1n) is 6.46. The van der Waals surface area contributed by atoms with Gasteiger partial charge in [0.25, 0.3) is 0 Å². The van der Waals surface area contributed by atoms with Gasteiger partial charge < -0.3 is 10.0 Å². The summed E-state index contributed by atoms with van der Waals surface area (Å²) in [5, 5.41) is 9.01. The Kier molecular flexibility index (Phi) is 2.81. The van der Waals surface area contributed by atoms with Crippen molar-refractivity contribution in [3.05, 3.63) is 29.8 Å². The smallest absolute Gasteiger partial charge is 0.0558 e. The second-order valence-corrected chi connectivity index (χ2v) is 5.25. The van der Waals surface area contributed by atoms with Gasteiger partial charge in [0.2, 0.25) is 0 Å². The number of fused-ring (bicyclic) bond motifs is 2. The molecule has 0 radical (unpaired) electrons. The summed E-state index contributed by atoms with van der Waals surface area (Å²) in [7, 11) is 0. The van der Waals surface area contributed by atoms with Crippen molar-refractivity contribution >= 4 is 5.69 Å². The first kappa shape index (κ1) is 11.1. The van der Waals surface area contributed by atoms with E-state index in [9.17, 15) is 0 Å². The van der Waals surface area contributed by atoms with E-state index >= 15 is 0 Å². The standard InChI is InChI=1S/C14H20N2O/c1-11-2-4-12(5-3-11)16-10-13-8-14(16)9-15(13)6-7-17/h2-5,13-14,17H,6-10H2,1H3/t13-,14-/m0/s1. The monoisotopic (exact) mass is 232 g/mol. The number of aryl methyl sites for hydroxylation is 1. The summed E-state index contributed by atoms with van der Waals surface area (Å²) in [6.45, 7) is 5.48. The van der Waals surface area contributed by atoms with Gasteiger partial charge in [-0.15, -0.1) is 0 Å². The van der Waals surface area contributed by atoms with E-state index in [0.29, 0.717) is 12.1 Å². The van der Waals surface area contributed by atoms with Gasteiger partial charge in [-0.2, -0.15) is 0 Å². The van der Waals surface area contributed by atoms with Crippen LogP contribution in [0.15, 0.2) is 24.3 Å². The lowest BCUT2D eigenvalue weighted by Crippen LogP contribution is -2.47. The summed E-state index contributed by atoms with van der Waals surface area (Å²) in [4.78, 5) is 4.95. The molecule has 0 aromatic heterocycles. The largest absolute Gasteiger partial charge is 0.395 e. The van der Waals surface area contributed by atoms with Gasteiger partial charge >= 0.3 is 0 Å². The molecule has 0 spiro atoms.